The third-order valence-electron chi connectivity index (χ3n) is 2.09. The first kappa shape index (κ1) is 12.2. The fourth-order valence-corrected chi connectivity index (χ4v) is 2.17. The van der Waals surface area contributed by atoms with E-state index in [9.17, 15) is 5.11 Å². The second kappa shape index (κ2) is 4.73. The molecule has 1 unspecified atom stereocenters. The first-order valence-electron chi connectivity index (χ1n) is 4.91. The van der Waals surface area contributed by atoms with E-state index in [1.54, 1.807) is 0 Å². The predicted octanol–water partition coefficient (Wildman–Crippen LogP) is 2.28. The Kier molecular flexibility index (Phi) is 3.83. The molecule has 15 heavy (non-hydrogen) atoms. The van der Waals surface area contributed by atoms with E-state index < -0.39 is 6.10 Å². The summed E-state index contributed by atoms with van der Waals surface area (Å²) < 4.78 is 3.90. The number of aromatic nitrogens is 2. The summed E-state index contributed by atoms with van der Waals surface area (Å²) in [5.41, 5.74) is 0.788. The summed E-state index contributed by atoms with van der Waals surface area (Å²) in [5, 5.41) is 14.0. The van der Waals surface area contributed by atoms with Gasteiger partial charge >= 0.3 is 0 Å². The maximum absolute atomic E-state index is 9.92. The Bertz CT molecular complexity index is 359. The smallest absolute Gasteiger partial charge is 0.0926 e. The van der Waals surface area contributed by atoms with Crippen LogP contribution in [0.1, 0.15) is 50.3 Å². The molecule has 0 aliphatic heterocycles. The molecule has 1 rings (SSSR count). The van der Waals surface area contributed by atoms with Gasteiger partial charge in [-0.15, -0.1) is 17.4 Å². The number of nitrogens with zero attached hydrogens (tertiary/aromatic N) is 2. The molecule has 1 aromatic rings. The number of rotatable bonds is 3. The Balaban J connectivity index is 2.86. The summed E-state index contributed by atoms with van der Waals surface area (Å²) in [7, 11) is 0. The van der Waals surface area contributed by atoms with Crippen molar-refractivity contribution < 1.29 is 5.11 Å². The summed E-state index contributed by atoms with van der Waals surface area (Å²) in [4.78, 5) is 0.845. The zero-order valence-electron chi connectivity index (χ0n) is 9.32. The third kappa shape index (κ3) is 3.01. The van der Waals surface area contributed by atoms with Gasteiger partial charge in [0.1, 0.15) is 0 Å². The molecule has 4 heteroatoms. The average molecular weight is 224 g/mol. The molecule has 0 saturated carbocycles. The molecule has 82 valence electrons. The van der Waals surface area contributed by atoms with Gasteiger partial charge in [0.25, 0.3) is 0 Å². The van der Waals surface area contributed by atoms with E-state index in [1.807, 2.05) is 0 Å². The lowest BCUT2D eigenvalue weighted by Gasteiger charge is -2.18. The Morgan fingerprint density at radius 2 is 2.20 bits per heavy atom. The molecule has 0 saturated heterocycles. The van der Waals surface area contributed by atoms with Gasteiger partial charge in [-0.05, 0) is 18.0 Å². The highest BCUT2D eigenvalue weighted by molar-refractivity contribution is 7.05. The topological polar surface area (TPSA) is 46.0 Å². The van der Waals surface area contributed by atoms with Crippen molar-refractivity contribution in [2.45, 2.75) is 45.1 Å². The summed E-state index contributed by atoms with van der Waals surface area (Å²) in [6, 6.07) is 0. The van der Waals surface area contributed by atoms with Crippen LogP contribution in [0.5, 0.6) is 0 Å². The van der Waals surface area contributed by atoms with Crippen molar-refractivity contribution in [2.24, 2.45) is 0 Å². The molecule has 0 spiro atoms. The van der Waals surface area contributed by atoms with E-state index in [-0.39, 0.29) is 5.41 Å². The Morgan fingerprint density at radius 3 is 2.73 bits per heavy atom. The molecule has 0 aliphatic carbocycles. The van der Waals surface area contributed by atoms with Gasteiger partial charge in [0.2, 0.25) is 0 Å². The normalized spacial score (nSPS) is 13.5. The van der Waals surface area contributed by atoms with Crippen LogP contribution in [0.4, 0.5) is 0 Å². The van der Waals surface area contributed by atoms with Gasteiger partial charge in [-0.25, -0.2) is 0 Å². The van der Waals surface area contributed by atoms with Crippen molar-refractivity contribution in [1.82, 2.24) is 9.59 Å². The molecule has 0 aromatic carbocycles. The minimum absolute atomic E-state index is 0.0839. The average Bonchev–Trinajstić information content (AvgIpc) is 2.61. The number of hydrogen-bond acceptors (Lipinski definition) is 4. The highest BCUT2D eigenvalue weighted by atomic mass is 32.1. The van der Waals surface area contributed by atoms with Gasteiger partial charge in [0, 0.05) is 11.8 Å². The molecule has 1 atom stereocenters. The van der Waals surface area contributed by atoms with Gasteiger partial charge < -0.3 is 5.11 Å². The van der Waals surface area contributed by atoms with Gasteiger partial charge in [0.15, 0.2) is 0 Å². The first-order chi connectivity index (χ1) is 6.96. The van der Waals surface area contributed by atoms with Crippen molar-refractivity contribution in [3.8, 4) is 12.3 Å². The number of terminal acetylenes is 1. The van der Waals surface area contributed by atoms with E-state index >= 15 is 0 Å². The van der Waals surface area contributed by atoms with Crippen molar-refractivity contribution in [3.05, 3.63) is 10.6 Å². The van der Waals surface area contributed by atoms with Gasteiger partial charge in [-0.2, -0.15) is 0 Å². The molecule has 0 bridgehead atoms. The highest BCUT2D eigenvalue weighted by Gasteiger charge is 2.25. The monoisotopic (exact) mass is 224 g/mol. The Hall–Kier alpha value is -0.920. The maximum Gasteiger partial charge on any atom is 0.0926 e. The SMILES string of the molecule is C#CCCC(O)c1snnc1C(C)(C)C. The standard InChI is InChI=1S/C11H16N2OS/c1-5-6-7-8(14)9-10(11(2,3)4)12-13-15-9/h1,8,14H,6-7H2,2-4H3. The van der Waals surface area contributed by atoms with Crippen molar-refractivity contribution in [2.75, 3.05) is 0 Å². The van der Waals surface area contributed by atoms with Crippen LogP contribution in [0.2, 0.25) is 0 Å². The predicted molar refractivity (Wildman–Crippen MR) is 61.6 cm³/mol. The lowest BCUT2D eigenvalue weighted by Crippen LogP contribution is -2.15. The lowest BCUT2D eigenvalue weighted by atomic mass is 9.90. The number of aliphatic hydroxyl groups excluding tert-OH is 1. The zero-order valence-corrected chi connectivity index (χ0v) is 10.1. The van der Waals surface area contributed by atoms with Gasteiger partial charge in [-0.1, -0.05) is 25.3 Å². The van der Waals surface area contributed by atoms with Gasteiger partial charge in [0.05, 0.1) is 16.7 Å². The van der Waals surface area contributed by atoms with Crippen LogP contribution >= 0.6 is 11.5 Å². The van der Waals surface area contributed by atoms with Crippen LogP contribution in [-0.4, -0.2) is 14.7 Å². The molecule has 1 aromatic heterocycles. The maximum atomic E-state index is 9.92. The van der Waals surface area contributed by atoms with Gasteiger partial charge in [-0.3, -0.25) is 0 Å². The highest BCUT2D eigenvalue weighted by Crippen LogP contribution is 2.31. The fourth-order valence-electron chi connectivity index (χ4n) is 1.29. The van der Waals surface area contributed by atoms with E-state index in [4.69, 9.17) is 6.42 Å². The summed E-state index contributed by atoms with van der Waals surface area (Å²) >= 11 is 1.26. The molecule has 0 amide bonds. The molecule has 3 nitrogen and oxygen atoms in total. The first-order valence-corrected chi connectivity index (χ1v) is 5.68. The minimum Gasteiger partial charge on any atom is -0.387 e. The molecule has 0 fully saturated rings. The molecular formula is C11H16N2OS. The second-order valence-corrected chi connectivity index (χ2v) is 5.28. The molecule has 0 aliphatic rings. The summed E-state index contributed by atoms with van der Waals surface area (Å²) in [6.07, 6.45) is 5.78. The molecule has 1 heterocycles. The van der Waals surface area contributed by atoms with Crippen LogP contribution in [0.15, 0.2) is 0 Å². The lowest BCUT2D eigenvalue weighted by molar-refractivity contribution is 0.170. The van der Waals surface area contributed by atoms with Crippen molar-refractivity contribution in [1.29, 1.82) is 0 Å². The fraction of sp³-hybridized carbons (Fsp3) is 0.636. The molecule has 0 radical (unpaired) electrons. The molecular weight excluding hydrogens is 208 g/mol. The summed E-state index contributed by atoms with van der Waals surface area (Å²) in [6.45, 7) is 6.17. The second-order valence-electron chi connectivity index (χ2n) is 4.49. The molecule has 1 N–H and O–H groups in total. The van der Waals surface area contributed by atoms with Crippen LogP contribution < -0.4 is 0 Å². The van der Waals surface area contributed by atoms with Crippen molar-refractivity contribution >= 4 is 11.5 Å². The van der Waals surface area contributed by atoms with E-state index in [1.165, 1.54) is 11.5 Å². The van der Waals surface area contributed by atoms with E-state index in [2.05, 4.69) is 36.3 Å². The van der Waals surface area contributed by atoms with Crippen LogP contribution in [0, 0.1) is 12.3 Å². The third-order valence-corrected chi connectivity index (χ3v) is 2.91. The van der Waals surface area contributed by atoms with Crippen LogP contribution in [0.25, 0.3) is 0 Å². The minimum atomic E-state index is -0.532. The Morgan fingerprint density at radius 1 is 1.53 bits per heavy atom. The van der Waals surface area contributed by atoms with Crippen LogP contribution in [-0.2, 0) is 5.41 Å². The largest absolute Gasteiger partial charge is 0.387 e. The number of hydrogen-bond donors (Lipinski definition) is 1. The Labute approximate surface area is 94.7 Å². The zero-order chi connectivity index (χ0) is 11.5. The van der Waals surface area contributed by atoms with E-state index in [0.717, 1.165) is 10.6 Å². The van der Waals surface area contributed by atoms with E-state index in [0.29, 0.717) is 12.8 Å². The summed E-state index contributed by atoms with van der Waals surface area (Å²) in [5.74, 6) is 2.52. The quantitative estimate of drug-likeness (QED) is 0.801. The van der Waals surface area contributed by atoms with Crippen molar-refractivity contribution in [3.63, 3.8) is 0 Å². The van der Waals surface area contributed by atoms with Crippen LogP contribution in [0.3, 0.4) is 0 Å². The number of aliphatic hydroxyl groups is 1.